The number of rotatable bonds is 7. The van der Waals surface area contributed by atoms with Crippen LogP contribution in [0.1, 0.15) is 25.8 Å². The highest BCUT2D eigenvalue weighted by Crippen LogP contribution is 2.32. The molecule has 148 valence electrons. The van der Waals surface area contributed by atoms with Crippen molar-refractivity contribution in [3.05, 3.63) is 66.2 Å². The number of aliphatic hydroxyl groups is 1. The number of hydrogen-bond donors (Lipinski definition) is 1. The van der Waals surface area contributed by atoms with Gasteiger partial charge in [0.1, 0.15) is 17.5 Å². The summed E-state index contributed by atoms with van der Waals surface area (Å²) < 4.78 is 10.9. The normalized spacial score (nSPS) is 19.2. The molecule has 0 aliphatic carbocycles. The maximum absolute atomic E-state index is 12.8. The summed E-state index contributed by atoms with van der Waals surface area (Å²) in [4.78, 5) is 26.2. The van der Waals surface area contributed by atoms with Crippen molar-refractivity contribution < 1.29 is 24.2 Å². The molecule has 1 saturated heterocycles. The van der Waals surface area contributed by atoms with Crippen LogP contribution in [0.15, 0.2) is 60.7 Å². The average Bonchev–Trinajstić information content (AvgIpc) is 2.90. The van der Waals surface area contributed by atoms with E-state index in [1.165, 1.54) is 0 Å². The van der Waals surface area contributed by atoms with Crippen LogP contribution in [0.2, 0.25) is 0 Å². The molecule has 2 aromatic carbocycles. The van der Waals surface area contributed by atoms with Gasteiger partial charge in [-0.1, -0.05) is 48.5 Å². The van der Waals surface area contributed by atoms with Gasteiger partial charge in [-0.3, -0.25) is 4.79 Å². The molecule has 1 aliphatic rings. The van der Waals surface area contributed by atoms with E-state index in [-0.39, 0.29) is 13.0 Å². The van der Waals surface area contributed by atoms with Gasteiger partial charge in [-0.25, -0.2) is 9.69 Å². The van der Waals surface area contributed by atoms with Crippen LogP contribution in [0, 0.1) is 0 Å². The minimum absolute atomic E-state index is 0.0794. The number of aliphatic hydroxyl groups excluding tert-OH is 1. The van der Waals surface area contributed by atoms with Crippen LogP contribution in [0.3, 0.4) is 0 Å². The predicted molar refractivity (Wildman–Crippen MR) is 104 cm³/mol. The highest BCUT2D eigenvalue weighted by atomic mass is 16.6. The highest BCUT2D eigenvalue weighted by molar-refractivity contribution is 5.96. The Labute approximate surface area is 164 Å². The lowest BCUT2D eigenvalue weighted by atomic mass is 9.92. The molecular weight excluding hydrogens is 358 g/mol. The third-order valence-corrected chi connectivity index (χ3v) is 4.86. The summed E-state index contributed by atoms with van der Waals surface area (Å²) in [6.45, 7) is 3.71. The summed E-state index contributed by atoms with van der Waals surface area (Å²) in [5, 5.41) is 10.3. The first-order valence-corrected chi connectivity index (χ1v) is 9.34. The van der Waals surface area contributed by atoms with Crippen LogP contribution >= 0.6 is 0 Å². The zero-order valence-corrected chi connectivity index (χ0v) is 16.1. The summed E-state index contributed by atoms with van der Waals surface area (Å²) in [6, 6.07) is 18.2. The zero-order chi connectivity index (χ0) is 20.1. The SMILES string of the molecule is CC1(C)OC(=O)N(C(=O)[C@@H](O)CCOc2ccccc2)[C@H]1Cc1ccccc1. The molecule has 6 nitrogen and oxygen atoms in total. The lowest BCUT2D eigenvalue weighted by Gasteiger charge is -2.29. The maximum atomic E-state index is 12.8. The van der Waals surface area contributed by atoms with Crippen molar-refractivity contribution in [2.24, 2.45) is 0 Å². The summed E-state index contributed by atoms with van der Waals surface area (Å²) in [5.74, 6) is -0.000938. The molecule has 1 aliphatic heterocycles. The van der Waals surface area contributed by atoms with E-state index in [2.05, 4.69) is 0 Å². The second-order valence-corrected chi connectivity index (χ2v) is 7.35. The number of nitrogens with zero attached hydrogens (tertiary/aromatic N) is 1. The van der Waals surface area contributed by atoms with Crippen molar-refractivity contribution in [1.82, 2.24) is 4.90 Å². The van der Waals surface area contributed by atoms with Gasteiger partial charge in [-0.05, 0) is 38.0 Å². The minimum Gasteiger partial charge on any atom is -0.493 e. The first-order valence-electron chi connectivity index (χ1n) is 9.34. The summed E-state index contributed by atoms with van der Waals surface area (Å²) >= 11 is 0. The molecule has 0 radical (unpaired) electrons. The lowest BCUT2D eigenvalue weighted by molar-refractivity contribution is -0.139. The summed E-state index contributed by atoms with van der Waals surface area (Å²) in [7, 11) is 0. The molecule has 28 heavy (non-hydrogen) atoms. The molecule has 3 rings (SSSR count). The van der Waals surface area contributed by atoms with E-state index in [9.17, 15) is 14.7 Å². The van der Waals surface area contributed by atoms with Gasteiger partial charge in [0.2, 0.25) is 0 Å². The van der Waals surface area contributed by atoms with Gasteiger partial charge in [-0.2, -0.15) is 0 Å². The number of cyclic esters (lactones) is 1. The van der Waals surface area contributed by atoms with E-state index >= 15 is 0 Å². The standard InChI is InChI=1S/C22H25NO5/c1-22(2)19(15-16-9-5-3-6-10-16)23(21(26)28-22)20(25)18(24)13-14-27-17-11-7-4-8-12-17/h3-12,18-19,24H,13-15H2,1-2H3/t18-,19-/m0/s1. The molecule has 0 saturated carbocycles. The van der Waals surface area contributed by atoms with Crippen LogP contribution in [0.5, 0.6) is 5.75 Å². The van der Waals surface area contributed by atoms with Crippen LogP contribution in [-0.4, -0.2) is 46.4 Å². The molecule has 1 N–H and O–H groups in total. The fraction of sp³-hybridized carbons (Fsp3) is 0.364. The highest BCUT2D eigenvalue weighted by Gasteiger charge is 2.51. The van der Waals surface area contributed by atoms with E-state index < -0.39 is 29.7 Å². The molecule has 2 aromatic rings. The molecule has 0 bridgehead atoms. The number of amides is 2. The Bertz CT molecular complexity index is 806. The van der Waals surface area contributed by atoms with Crippen LogP contribution < -0.4 is 4.74 Å². The van der Waals surface area contributed by atoms with Crippen molar-refractivity contribution in [2.45, 2.75) is 44.4 Å². The maximum Gasteiger partial charge on any atom is 0.417 e. The van der Waals surface area contributed by atoms with Gasteiger partial charge < -0.3 is 14.6 Å². The lowest BCUT2D eigenvalue weighted by Crippen LogP contribution is -2.49. The van der Waals surface area contributed by atoms with Crippen LogP contribution in [0.25, 0.3) is 0 Å². The Morgan fingerprint density at radius 1 is 1.14 bits per heavy atom. The molecule has 0 aromatic heterocycles. The Morgan fingerprint density at radius 2 is 1.75 bits per heavy atom. The van der Waals surface area contributed by atoms with Crippen LogP contribution in [0.4, 0.5) is 4.79 Å². The van der Waals surface area contributed by atoms with Gasteiger partial charge in [0.25, 0.3) is 5.91 Å². The number of imide groups is 1. The van der Waals surface area contributed by atoms with Crippen molar-refractivity contribution >= 4 is 12.0 Å². The topological polar surface area (TPSA) is 76.1 Å². The van der Waals surface area contributed by atoms with Crippen LogP contribution in [-0.2, 0) is 16.0 Å². The number of carbonyl (C=O) groups is 2. The Kier molecular flexibility index (Phi) is 5.99. The largest absolute Gasteiger partial charge is 0.493 e. The van der Waals surface area contributed by atoms with E-state index in [1.54, 1.807) is 26.0 Å². The van der Waals surface area contributed by atoms with E-state index in [4.69, 9.17) is 9.47 Å². The third-order valence-electron chi connectivity index (χ3n) is 4.86. The van der Waals surface area contributed by atoms with E-state index in [1.807, 2.05) is 48.5 Å². The molecule has 0 unspecified atom stereocenters. The Balaban J connectivity index is 1.66. The Morgan fingerprint density at radius 3 is 2.39 bits per heavy atom. The monoisotopic (exact) mass is 383 g/mol. The second-order valence-electron chi connectivity index (χ2n) is 7.35. The van der Waals surface area contributed by atoms with Gasteiger partial charge in [0.05, 0.1) is 12.6 Å². The van der Waals surface area contributed by atoms with Crippen molar-refractivity contribution in [2.75, 3.05) is 6.61 Å². The minimum atomic E-state index is -1.34. The van der Waals surface area contributed by atoms with Crippen molar-refractivity contribution in [1.29, 1.82) is 0 Å². The van der Waals surface area contributed by atoms with Crippen molar-refractivity contribution in [3.8, 4) is 5.75 Å². The smallest absolute Gasteiger partial charge is 0.417 e. The quantitative estimate of drug-likeness (QED) is 0.795. The first-order chi connectivity index (χ1) is 13.4. The van der Waals surface area contributed by atoms with Gasteiger partial charge in [0, 0.05) is 6.42 Å². The van der Waals surface area contributed by atoms with Gasteiger partial charge in [-0.15, -0.1) is 0 Å². The second kappa shape index (κ2) is 8.44. The fourth-order valence-corrected chi connectivity index (χ4v) is 3.29. The molecule has 1 heterocycles. The predicted octanol–water partition coefficient (Wildman–Crippen LogP) is 3.19. The van der Waals surface area contributed by atoms with E-state index in [0.29, 0.717) is 12.2 Å². The molecule has 1 fully saturated rings. The van der Waals surface area contributed by atoms with Gasteiger partial charge >= 0.3 is 6.09 Å². The summed E-state index contributed by atoms with van der Waals surface area (Å²) in [6.07, 6.45) is -1.53. The molecular formula is C22H25NO5. The molecule has 6 heteroatoms. The average molecular weight is 383 g/mol. The number of carbonyl (C=O) groups excluding carboxylic acids is 2. The number of para-hydroxylation sites is 1. The molecule has 2 amide bonds. The first kappa shape index (κ1) is 19.9. The number of benzene rings is 2. The van der Waals surface area contributed by atoms with Crippen molar-refractivity contribution in [3.63, 3.8) is 0 Å². The van der Waals surface area contributed by atoms with Gasteiger partial charge in [0.15, 0.2) is 0 Å². The zero-order valence-electron chi connectivity index (χ0n) is 16.1. The van der Waals surface area contributed by atoms with E-state index in [0.717, 1.165) is 10.5 Å². The fourth-order valence-electron chi connectivity index (χ4n) is 3.29. The number of ether oxygens (including phenoxy) is 2. The summed E-state index contributed by atoms with van der Waals surface area (Å²) in [5.41, 5.74) is 0.140. The number of hydrogen-bond acceptors (Lipinski definition) is 5. The molecule has 2 atom stereocenters. The third kappa shape index (κ3) is 4.51. The Hall–Kier alpha value is -2.86. The molecule has 0 spiro atoms.